The molecule has 1 N–H and O–H groups in total. The van der Waals surface area contributed by atoms with Crippen LogP contribution in [-0.4, -0.2) is 40.9 Å². The molecule has 0 saturated carbocycles. The Morgan fingerprint density at radius 2 is 1.80 bits per heavy atom. The van der Waals surface area contributed by atoms with Crippen molar-refractivity contribution in [2.75, 3.05) is 13.2 Å². The molecule has 1 heterocycles. The summed E-state index contributed by atoms with van der Waals surface area (Å²) in [6.07, 6.45) is 0.673. The van der Waals surface area contributed by atoms with Crippen LogP contribution in [0, 0.1) is 0 Å². The third-order valence-corrected chi connectivity index (χ3v) is 3.90. The molecule has 25 heavy (non-hydrogen) atoms. The molecule has 1 amide bonds. The number of hydrogen-bond donors (Lipinski definition) is 1. The number of aliphatic hydroxyl groups excluding tert-OH is 1. The van der Waals surface area contributed by atoms with Gasteiger partial charge in [-0.1, -0.05) is 42.5 Å². The molecule has 2 aromatic rings. The third kappa shape index (κ3) is 4.10. The van der Waals surface area contributed by atoms with Crippen molar-refractivity contribution in [2.24, 2.45) is 5.10 Å². The smallest absolute Gasteiger partial charge is 0.338 e. The molecule has 1 aliphatic rings. The van der Waals surface area contributed by atoms with Gasteiger partial charge in [0, 0.05) is 6.42 Å². The van der Waals surface area contributed by atoms with E-state index in [-0.39, 0.29) is 19.1 Å². The van der Waals surface area contributed by atoms with E-state index in [2.05, 4.69) is 5.10 Å². The van der Waals surface area contributed by atoms with Crippen LogP contribution in [0.15, 0.2) is 59.7 Å². The maximum Gasteiger partial charge on any atom is 0.338 e. The largest absolute Gasteiger partial charge is 0.452 e. The molecular formula is C19H18N2O4. The zero-order chi connectivity index (χ0) is 17.6. The average molecular weight is 338 g/mol. The number of esters is 1. The van der Waals surface area contributed by atoms with Gasteiger partial charge >= 0.3 is 5.97 Å². The first-order chi connectivity index (χ1) is 12.2. The van der Waals surface area contributed by atoms with E-state index < -0.39 is 5.97 Å². The summed E-state index contributed by atoms with van der Waals surface area (Å²) in [5.41, 5.74) is 2.87. The minimum Gasteiger partial charge on any atom is -0.452 e. The summed E-state index contributed by atoms with van der Waals surface area (Å²) in [6, 6.07) is 16.0. The normalized spacial score (nSPS) is 13.5. The monoisotopic (exact) mass is 338 g/mol. The summed E-state index contributed by atoms with van der Waals surface area (Å²) in [5, 5.41) is 14.6. The van der Waals surface area contributed by atoms with Gasteiger partial charge in [0.15, 0.2) is 6.61 Å². The Balaban J connectivity index is 1.56. The zero-order valence-electron chi connectivity index (χ0n) is 13.6. The van der Waals surface area contributed by atoms with Gasteiger partial charge in [-0.15, -0.1) is 0 Å². The molecule has 1 aliphatic heterocycles. The fourth-order valence-corrected chi connectivity index (χ4v) is 2.50. The van der Waals surface area contributed by atoms with E-state index >= 15 is 0 Å². The maximum absolute atomic E-state index is 12.2. The predicted molar refractivity (Wildman–Crippen MR) is 92.0 cm³/mol. The van der Waals surface area contributed by atoms with E-state index in [1.165, 1.54) is 5.01 Å². The van der Waals surface area contributed by atoms with Gasteiger partial charge in [-0.25, -0.2) is 9.80 Å². The molecule has 0 saturated heterocycles. The Hall–Kier alpha value is -2.99. The number of carbonyl (C=O) groups excluding carboxylic acids is 2. The Kier molecular flexibility index (Phi) is 5.20. The van der Waals surface area contributed by atoms with Crippen LogP contribution in [0.2, 0.25) is 0 Å². The van der Waals surface area contributed by atoms with Crippen molar-refractivity contribution in [1.82, 2.24) is 5.01 Å². The Bertz CT molecular complexity index is 785. The predicted octanol–water partition coefficient (Wildman–Crippen LogP) is 1.97. The maximum atomic E-state index is 12.2. The van der Waals surface area contributed by atoms with Crippen LogP contribution < -0.4 is 0 Å². The van der Waals surface area contributed by atoms with E-state index in [1.54, 1.807) is 24.3 Å². The number of nitrogens with zero attached hydrogens (tertiary/aromatic N) is 2. The molecule has 0 fully saturated rings. The molecule has 0 aliphatic carbocycles. The highest BCUT2D eigenvalue weighted by molar-refractivity contribution is 6.02. The molecule has 6 heteroatoms. The van der Waals surface area contributed by atoms with Gasteiger partial charge in [0.1, 0.15) is 0 Å². The topological polar surface area (TPSA) is 79.2 Å². The molecule has 0 aromatic heterocycles. The Labute approximate surface area is 145 Å². The van der Waals surface area contributed by atoms with Gasteiger partial charge in [0.25, 0.3) is 5.91 Å². The van der Waals surface area contributed by atoms with Crippen LogP contribution in [0.25, 0.3) is 0 Å². The number of ether oxygens (including phenoxy) is 1. The third-order valence-electron chi connectivity index (χ3n) is 3.90. The molecule has 6 nitrogen and oxygen atoms in total. The van der Waals surface area contributed by atoms with Gasteiger partial charge in [-0.05, 0) is 23.3 Å². The number of amides is 1. The van der Waals surface area contributed by atoms with Gasteiger partial charge in [-0.2, -0.15) is 5.10 Å². The SMILES string of the molecule is O=C(OCC(=O)N1CCC(c2ccccc2)=N1)c1ccc(CO)cc1. The summed E-state index contributed by atoms with van der Waals surface area (Å²) in [6.45, 7) is 0.0302. The Morgan fingerprint density at radius 3 is 2.48 bits per heavy atom. The standard InChI is InChI=1S/C19H18N2O4/c22-12-14-6-8-16(9-7-14)19(24)25-13-18(23)21-11-10-17(20-21)15-4-2-1-3-5-15/h1-9,22H,10-13H2. The fourth-order valence-electron chi connectivity index (χ4n) is 2.50. The van der Waals surface area contributed by atoms with Crippen molar-refractivity contribution in [2.45, 2.75) is 13.0 Å². The minimum absolute atomic E-state index is 0.0927. The molecule has 0 unspecified atom stereocenters. The number of benzene rings is 2. The van der Waals surface area contributed by atoms with Crippen LogP contribution in [0.5, 0.6) is 0 Å². The van der Waals surface area contributed by atoms with Gasteiger partial charge in [0.2, 0.25) is 0 Å². The lowest BCUT2D eigenvalue weighted by atomic mass is 10.1. The lowest BCUT2D eigenvalue weighted by Gasteiger charge is -2.11. The Morgan fingerprint density at radius 1 is 1.08 bits per heavy atom. The van der Waals surface area contributed by atoms with Crippen molar-refractivity contribution in [3.05, 3.63) is 71.3 Å². The molecule has 3 rings (SSSR count). The summed E-state index contributed by atoms with van der Waals surface area (Å²) < 4.78 is 5.05. The van der Waals surface area contributed by atoms with E-state index in [0.29, 0.717) is 24.1 Å². The van der Waals surface area contributed by atoms with E-state index in [0.717, 1.165) is 11.3 Å². The lowest BCUT2D eigenvalue weighted by molar-refractivity contribution is -0.134. The fraction of sp³-hybridized carbons (Fsp3) is 0.211. The first-order valence-corrected chi connectivity index (χ1v) is 7.97. The van der Waals surface area contributed by atoms with Gasteiger partial charge in [-0.3, -0.25) is 4.79 Å². The zero-order valence-corrected chi connectivity index (χ0v) is 13.6. The first-order valence-electron chi connectivity index (χ1n) is 7.97. The second-order valence-corrected chi connectivity index (χ2v) is 5.61. The number of hydrazone groups is 1. The summed E-state index contributed by atoms with van der Waals surface area (Å²) in [4.78, 5) is 24.1. The lowest BCUT2D eigenvalue weighted by Crippen LogP contribution is -2.28. The second-order valence-electron chi connectivity index (χ2n) is 5.61. The number of aliphatic hydroxyl groups is 1. The summed E-state index contributed by atoms with van der Waals surface area (Å²) >= 11 is 0. The quantitative estimate of drug-likeness (QED) is 0.846. The summed E-state index contributed by atoms with van der Waals surface area (Å²) in [5.74, 6) is -0.935. The summed E-state index contributed by atoms with van der Waals surface area (Å²) in [7, 11) is 0. The molecular weight excluding hydrogens is 320 g/mol. The van der Waals surface area contributed by atoms with E-state index in [1.807, 2.05) is 30.3 Å². The molecule has 128 valence electrons. The van der Waals surface area contributed by atoms with Crippen molar-refractivity contribution in [3.63, 3.8) is 0 Å². The van der Waals surface area contributed by atoms with Gasteiger partial charge < -0.3 is 9.84 Å². The van der Waals surface area contributed by atoms with Crippen molar-refractivity contribution in [1.29, 1.82) is 0 Å². The van der Waals surface area contributed by atoms with Crippen LogP contribution in [0.3, 0.4) is 0 Å². The number of carbonyl (C=O) groups is 2. The number of hydrogen-bond acceptors (Lipinski definition) is 5. The average Bonchev–Trinajstić information content (AvgIpc) is 3.17. The molecule has 0 atom stereocenters. The van der Waals surface area contributed by atoms with E-state index in [4.69, 9.17) is 9.84 Å². The molecule has 2 aromatic carbocycles. The minimum atomic E-state index is -0.579. The first kappa shape index (κ1) is 16.9. The highest BCUT2D eigenvalue weighted by Gasteiger charge is 2.22. The molecule has 0 radical (unpaired) electrons. The highest BCUT2D eigenvalue weighted by Crippen LogP contribution is 2.14. The van der Waals surface area contributed by atoms with Crippen LogP contribution >= 0.6 is 0 Å². The van der Waals surface area contributed by atoms with Gasteiger partial charge in [0.05, 0.1) is 24.4 Å². The van der Waals surface area contributed by atoms with Crippen LogP contribution in [-0.2, 0) is 16.1 Å². The van der Waals surface area contributed by atoms with Crippen LogP contribution in [0.1, 0.15) is 27.9 Å². The number of rotatable bonds is 5. The van der Waals surface area contributed by atoms with Crippen molar-refractivity contribution < 1.29 is 19.4 Å². The van der Waals surface area contributed by atoms with Crippen LogP contribution in [0.4, 0.5) is 0 Å². The molecule has 0 spiro atoms. The second kappa shape index (κ2) is 7.72. The van der Waals surface area contributed by atoms with Crippen molar-refractivity contribution >= 4 is 17.6 Å². The van der Waals surface area contributed by atoms with Crippen molar-refractivity contribution in [3.8, 4) is 0 Å². The van der Waals surface area contributed by atoms with E-state index in [9.17, 15) is 9.59 Å². The molecule has 0 bridgehead atoms. The highest BCUT2D eigenvalue weighted by atomic mass is 16.5.